The Morgan fingerprint density at radius 3 is 2.37 bits per heavy atom. The van der Waals surface area contributed by atoms with E-state index >= 15 is 0 Å². The van der Waals surface area contributed by atoms with Crippen molar-refractivity contribution in [3.8, 4) is 5.75 Å². The highest BCUT2D eigenvalue weighted by Gasteiger charge is 2.09. The largest absolute Gasteiger partial charge is 0.493 e. The second-order valence-corrected chi connectivity index (χ2v) is 8.11. The van der Waals surface area contributed by atoms with Gasteiger partial charge in [0.25, 0.3) is 0 Å². The van der Waals surface area contributed by atoms with E-state index in [1.807, 2.05) is 38.1 Å². The van der Waals surface area contributed by atoms with Gasteiger partial charge >= 0.3 is 0 Å². The van der Waals surface area contributed by atoms with Gasteiger partial charge in [-0.3, -0.25) is 9.52 Å². The van der Waals surface area contributed by atoms with Gasteiger partial charge in [-0.15, -0.1) is 0 Å². The van der Waals surface area contributed by atoms with Gasteiger partial charge in [0.1, 0.15) is 5.75 Å². The Kier molecular flexibility index (Phi) is 7.67. The van der Waals surface area contributed by atoms with Crippen LogP contribution < -0.4 is 14.8 Å². The average molecular weight is 391 g/mol. The molecule has 0 fully saturated rings. The zero-order chi connectivity index (χ0) is 19.7. The molecule has 0 aliphatic carbocycles. The molecule has 1 amide bonds. The summed E-state index contributed by atoms with van der Waals surface area (Å²) < 4.78 is 31.7. The molecule has 0 spiro atoms. The van der Waals surface area contributed by atoms with Crippen molar-refractivity contribution in [2.24, 2.45) is 0 Å². The lowest BCUT2D eigenvalue weighted by molar-refractivity contribution is -0.116. The predicted octanol–water partition coefficient (Wildman–Crippen LogP) is 3.94. The minimum Gasteiger partial charge on any atom is -0.493 e. The van der Waals surface area contributed by atoms with Crippen LogP contribution in [0.5, 0.6) is 5.75 Å². The lowest BCUT2D eigenvalue weighted by Gasteiger charge is -2.10. The van der Waals surface area contributed by atoms with E-state index in [0.717, 1.165) is 11.3 Å². The minimum atomic E-state index is -3.31. The van der Waals surface area contributed by atoms with Crippen LogP contribution in [0.15, 0.2) is 48.5 Å². The van der Waals surface area contributed by atoms with E-state index in [-0.39, 0.29) is 11.7 Å². The zero-order valence-corrected chi connectivity index (χ0v) is 16.5. The van der Waals surface area contributed by atoms with Crippen molar-refractivity contribution < 1.29 is 17.9 Å². The number of para-hydroxylation sites is 1. The number of anilines is 2. The van der Waals surface area contributed by atoms with Crippen LogP contribution in [-0.4, -0.2) is 26.7 Å². The van der Waals surface area contributed by atoms with E-state index in [1.165, 1.54) is 0 Å². The molecular weight excluding hydrogens is 364 g/mol. The lowest BCUT2D eigenvalue weighted by Crippen LogP contribution is -2.16. The summed E-state index contributed by atoms with van der Waals surface area (Å²) in [6.07, 6.45) is 1.50. The van der Waals surface area contributed by atoms with Gasteiger partial charge in [-0.05, 0) is 55.7 Å². The quantitative estimate of drug-likeness (QED) is 0.602. The van der Waals surface area contributed by atoms with E-state index in [9.17, 15) is 13.2 Å². The van der Waals surface area contributed by atoms with Crippen LogP contribution in [0.4, 0.5) is 11.4 Å². The molecule has 2 aromatic rings. The molecule has 146 valence electrons. The van der Waals surface area contributed by atoms with Crippen molar-refractivity contribution in [2.75, 3.05) is 22.4 Å². The fourth-order valence-corrected chi connectivity index (χ4v) is 3.61. The molecule has 0 aromatic heterocycles. The van der Waals surface area contributed by atoms with Crippen LogP contribution in [0.3, 0.4) is 0 Å². The first-order valence-electron chi connectivity index (χ1n) is 8.98. The molecule has 0 aliphatic heterocycles. The first-order chi connectivity index (χ1) is 12.9. The average Bonchev–Trinajstić information content (AvgIpc) is 2.61. The van der Waals surface area contributed by atoms with Crippen molar-refractivity contribution in [1.29, 1.82) is 0 Å². The molecule has 0 bridgehead atoms. The molecule has 0 unspecified atom stereocenters. The summed E-state index contributed by atoms with van der Waals surface area (Å²) in [7, 11) is -3.31. The molecule has 7 heteroatoms. The number of hydrogen-bond donors (Lipinski definition) is 2. The van der Waals surface area contributed by atoms with Crippen molar-refractivity contribution in [3.63, 3.8) is 0 Å². The maximum Gasteiger partial charge on any atom is 0.232 e. The minimum absolute atomic E-state index is 0.0794. The Balaban J connectivity index is 1.75. The second-order valence-electron chi connectivity index (χ2n) is 6.26. The third-order valence-corrected chi connectivity index (χ3v) is 5.31. The Hall–Kier alpha value is -2.54. The van der Waals surface area contributed by atoms with Gasteiger partial charge in [-0.2, -0.15) is 0 Å². The summed E-state index contributed by atoms with van der Waals surface area (Å²) in [6.45, 7) is 4.26. The highest BCUT2D eigenvalue weighted by Crippen LogP contribution is 2.17. The number of ether oxygens (including phenoxy) is 1. The van der Waals surface area contributed by atoms with Gasteiger partial charge in [-0.1, -0.05) is 25.1 Å². The first kappa shape index (κ1) is 20.8. The SMILES string of the molecule is CCCS(=O)(=O)Nc1ccc(NC(=O)CCCOc2ccccc2C)cc1. The molecule has 0 radical (unpaired) electrons. The number of hydrogen-bond acceptors (Lipinski definition) is 4. The molecule has 0 saturated carbocycles. The summed E-state index contributed by atoms with van der Waals surface area (Å²) in [4.78, 5) is 12.0. The zero-order valence-electron chi connectivity index (χ0n) is 15.7. The van der Waals surface area contributed by atoms with Gasteiger partial charge in [0.15, 0.2) is 0 Å². The Morgan fingerprint density at radius 1 is 1.04 bits per heavy atom. The third kappa shape index (κ3) is 7.30. The number of aryl methyl sites for hydroxylation is 1. The number of carbonyl (C=O) groups excluding carboxylic acids is 1. The van der Waals surface area contributed by atoms with Gasteiger partial charge in [-0.25, -0.2) is 8.42 Å². The van der Waals surface area contributed by atoms with Crippen molar-refractivity contribution in [3.05, 3.63) is 54.1 Å². The summed E-state index contributed by atoms with van der Waals surface area (Å²) >= 11 is 0. The molecule has 27 heavy (non-hydrogen) atoms. The molecule has 0 atom stereocenters. The van der Waals surface area contributed by atoms with E-state index < -0.39 is 10.0 Å². The Bertz CT molecular complexity index is 849. The van der Waals surface area contributed by atoms with Gasteiger partial charge in [0, 0.05) is 17.8 Å². The maximum absolute atomic E-state index is 12.0. The number of rotatable bonds is 10. The van der Waals surface area contributed by atoms with Crippen molar-refractivity contribution in [1.82, 2.24) is 0 Å². The smallest absolute Gasteiger partial charge is 0.232 e. The van der Waals surface area contributed by atoms with Crippen molar-refractivity contribution >= 4 is 27.3 Å². The van der Waals surface area contributed by atoms with Crippen LogP contribution in [0, 0.1) is 6.92 Å². The molecule has 2 rings (SSSR count). The highest BCUT2D eigenvalue weighted by atomic mass is 32.2. The monoisotopic (exact) mass is 390 g/mol. The summed E-state index contributed by atoms with van der Waals surface area (Å²) in [6, 6.07) is 14.4. The van der Waals surface area contributed by atoms with Crippen LogP contribution >= 0.6 is 0 Å². The van der Waals surface area contributed by atoms with Gasteiger partial charge < -0.3 is 10.1 Å². The van der Waals surface area contributed by atoms with Crippen LogP contribution in [0.1, 0.15) is 31.7 Å². The number of sulfonamides is 1. The van der Waals surface area contributed by atoms with E-state index in [4.69, 9.17) is 4.74 Å². The molecule has 0 aliphatic rings. The Labute approximate surface area is 161 Å². The van der Waals surface area contributed by atoms with E-state index in [2.05, 4.69) is 10.0 Å². The summed E-state index contributed by atoms with van der Waals surface area (Å²) in [5.41, 5.74) is 2.17. The van der Waals surface area contributed by atoms with E-state index in [0.29, 0.717) is 37.2 Å². The Morgan fingerprint density at radius 2 is 1.70 bits per heavy atom. The maximum atomic E-state index is 12.0. The predicted molar refractivity (Wildman–Crippen MR) is 109 cm³/mol. The van der Waals surface area contributed by atoms with Crippen LogP contribution in [0.2, 0.25) is 0 Å². The number of nitrogens with one attached hydrogen (secondary N) is 2. The molecule has 0 saturated heterocycles. The second kappa shape index (κ2) is 9.97. The van der Waals surface area contributed by atoms with Crippen LogP contribution in [-0.2, 0) is 14.8 Å². The third-order valence-electron chi connectivity index (χ3n) is 3.81. The molecule has 6 nitrogen and oxygen atoms in total. The van der Waals surface area contributed by atoms with Gasteiger partial charge in [0.05, 0.1) is 12.4 Å². The van der Waals surface area contributed by atoms with Crippen molar-refractivity contribution in [2.45, 2.75) is 33.1 Å². The topological polar surface area (TPSA) is 84.5 Å². The van der Waals surface area contributed by atoms with Gasteiger partial charge in [0.2, 0.25) is 15.9 Å². The summed E-state index contributed by atoms with van der Waals surface area (Å²) in [5.74, 6) is 0.803. The molecule has 0 heterocycles. The summed E-state index contributed by atoms with van der Waals surface area (Å²) in [5, 5.41) is 2.80. The van der Waals surface area contributed by atoms with Crippen LogP contribution in [0.25, 0.3) is 0 Å². The fourth-order valence-electron chi connectivity index (χ4n) is 2.48. The first-order valence-corrected chi connectivity index (χ1v) is 10.6. The molecule has 2 aromatic carbocycles. The molecule has 2 N–H and O–H groups in total. The number of amides is 1. The molecular formula is C20H26N2O4S. The number of carbonyl (C=O) groups is 1. The lowest BCUT2D eigenvalue weighted by atomic mass is 10.2. The normalized spacial score (nSPS) is 11.0. The highest BCUT2D eigenvalue weighted by molar-refractivity contribution is 7.92. The number of benzene rings is 2. The van der Waals surface area contributed by atoms with E-state index in [1.54, 1.807) is 24.3 Å². The fraction of sp³-hybridized carbons (Fsp3) is 0.350. The standard InChI is InChI=1S/C20H26N2O4S/c1-3-15-27(24,25)22-18-12-10-17(11-13-18)21-20(23)9-6-14-26-19-8-5-4-7-16(19)2/h4-5,7-8,10-13,22H,3,6,9,14-15H2,1-2H3,(H,21,23).